The topological polar surface area (TPSA) is 34.1 Å². The summed E-state index contributed by atoms with van der Waals surface area (Å²) in [6, 6.07) is 5.59. The van der Waals surface area contributed by atoms with Crippen molar-refractivity contribution in [1.29, 1.82) is 0 Å². The van der Waals surface area contributed by atoms with Crippen molar-refractivity contribution in [3.8, 4) is 5.75 Å². The molecule has 1 heterocycles. The Hall–Kier alpha value is -1.61. The standard InChI is InChI=1S/C13H7BrClF5N2O/c14-7-2-4-10(13(18,19)20)22-11(7)21-9-3-1-6(5-8(9)15)23-12(16)17/h1-5,12H,(H,21,22). The number of alkyl halides is 5. The summed E-state index contributed by atoms with van der Waals surface area (Å²) in [7, 11) is 0. The molecule has 0 atom stereocenters. The molecule has 3 nitrogen and oxygen atoms in total. The first-order valence-corrected chi connectivity index (χ1v) is 7.09. The second-order valence-electron chi connectivity index (χ2n) is 4.17. The molecule has 0 bridgehead atoms. The van der Waals surface area contributed by atoms with Crippen LogP contribution in [-0.2, 0) is 6.18 Å². The molecule has 2 aromatic rings. The molecule has 0 aliphatic rings. The fourth-order valence-electron chi connectivity index (χ4n) is 1.59. The number of anilines is 2. The summed E-state index contributed by atoms with van der Waals surface area (Å²) in [5.74, 6) is -0.295. The Morgan fingerprint density at radius 2 is 1.87 bits per heavy atom. The van der Waals surface area contributed by atoms with Crippen LogP contribution >= 0.6 is 27.5 Å². The van der Waals surface area contributed by atoms with Gasteiger partial charge in [-0.25, -0.2) is 4.98 Å². The van der Waals surface area contributed by atoms with Gasteiger partial charge >= 0.3 is 12.8 Å². The van der Waals surface area contributed by atoms with Crippen molar-refractivity contribution in [3.05, 3.63) is 45.5 Å². The molecule has 1 aromatic carbocycles. The Morgan fingerprint density at radius 3 is 2.43 bits per heavy atom. The van der Waals surface area contributed by atoms with Gasteiger partial charge in [-0.05, 0) is 40.2 Å². The van der Waals surface area contributed by atoms with E-state index in [0.29, 0.717) is 0 Å². The van der Waals surface area contributed by atoms with E-state index in [9.17, 15) is 22.0 Å². The maximum atomic E-state index is 12.7. The van der Waals surface area contributed by atoms with Crippen LogP contribution in [0.3, 0.4) is 0 Å². The van der Waals surface area contributed by atoms with Gasteiger partial charge in [-0.3, -0.25) is 0 Å². The summed E-state index contributed by atoms with van der Waals surface area (Å²) < 4.78 is 66.7. The van der Waals surface area contributed by atoms with Crippen LogP contribution in [0.5, 0.6) is 5.75 Å². The lowest BCUT2D eigenvalue weighted by Gasteiger charge is -2.13. The van der Waals surface area contributed by atoms with Crippen molar-refractivity contribution in [2.45, 2.75) is 12.8 Å². The number of ether oxygens (including phenoxy) is 1. The van der Waals surface area contributed by atoms with Gasteiger partial charge in [-0.1, -0.05) is 11.6 Å². The molecule has 1 N–H and O–H groups in total. The highest BCUT2D eigenvalue weighted by atomic mass is 79.9. The van der Waals surface area contributed by atoms with Crippen LogP contribution < -0.4 is 10.1 Å². The monoisotopic (exact) mass is 416 g/mol. The average Bonchev–Trinajstić information content (AvgIpc) is 2.42. The van der Waals surface area contributed by atoms with E-state index in [1.54, 1.807) is 0 Å². The number of hydrogen-bond acceptors (Lipinski definition) is 3. The van der Waals surface area contributed by atoms with Crippen molar-refractivity contribution < 1.29 is 26.7 Å². The van der Waals surface area contributed by atoms with Crippen LogP contribution in [0.15, 0.2) is 34.8 Å². The molecule has 1 aromatic heterocycles. The summed E-state index contributed by atoms with van der Waals surface area (Å²) in [5, 5.41) is 2.58. The molecular weight excluding hydrogens is 411 g/mol. The summed E-state index contributed by atoms with van der Waals surface area (Å²) >= 11 is 8.96. The fraction of sp³-hybridized carbons (Fsp3) is 0.154. The zero-order valence-electron chi connectivity index (χ0n) is 11.0. The van der Waals surface area contributed by atoms with Gasteiger partial charge in [-0.2, -0.15) is 22.0 Å². The Bertz CT molecular complexity index is 711. The highest BCUT2D eigenvalue weighted by Gasteiger charge is 2.33. The molecule has 23 heavy (non-hydrogen) atoms. The normalized spacial score (nSPS) is 11.7. The van der Waals surface area contributed by atoms with Crippen molar-refractivity contribution >= 4 is 39.0 Å². The van der Waals surface area contributed by atoms with Gasteiger partial charge in [0.05, 0.1) is 15.2 Å². The number of rotatable bonds is 4. The molecule has 2 rings (SSSR count). The van der Waals surface area contributed by atoms with Gasteiger partial charge in [0, 0.05) is 6.07 Å². The third-order valence-electron chi connectivity index (χ3n) is 2.56. The minimum Gasteiger partial charge on any atom is -0.435 e. The number of nitrogens with one attached hydrogen (secondary N) is 1. The predicted molar refractivity (Wildman–Crippen MR) is 78.3 cm³/mol. The summed E-state index contributed by atoms with van der Waals surface area (Å²) in [4.78, 5) is 3.46. The highest BCUT2D eigenvalue weighted by molar-refractivity contribution is 9.10. The molecule has 0 fully saturated rings. The van der Waals surface area contributed by atoms with Crippen LogP contribution in [0.2, 0.25) is 5.02 Å². The lowest BCUT2D eigenvalue weighted by molar-refractivity contribution is -0.141. The predicted octanol–water partition coefficient (Wildman–Crippen LogP) is 5.86. The first-order valence-electron chi connectivity index (χ1n) is 5.92. The van der Waals surface area contributed by atoms with Gasteiger partial charge < -0.3 is 10.1 Å². The molecule has 10 heteroatoms. The van der Waals surface area contributed by atoms with E-state index in [1.807, 2.05) is 0 Å². The number of hydrogen-bond donors (Lipinski definition) is 1. The van der Waals surface area contributed by atoms with Gasteiger partial charge in [0.2, 0.25) is 0 Å². The number of benzene rings is 1. The van der Waals surface area contributed by atoms with E-state index in [2.05, 4.69) is 31.0 Å². The molecule has 0 unspecified atom stereocenters. The van der Waals surface area contributed by atoms with E-state index in [0.717, 1.165) is 12.1 Å². The SMILES string of the molecule is FC(F)Oc1ccc(Nc2nc(C(F)(F)F)ccc2Br)c(Cl)c1. The number of pyridine rings is 1. The van der Waals surface area contributed by atoms with Crippen molar-refractivity contribution in [2.75, 3.05) is 5.32 Å². The van der Waals surface area contributed by atoms with E-state index in [-0.39, 0.29) is 26.8 Å². The summed E-state index contributed by atoms with van der Waals surface area (Å²) in [6.45, 7) is -3.01. The van der Waals surface area contributed by atoms with E-state index in [1.165, 1.54) is 18.2 Å². The molecule has 0 saturated heterocycles. The average molecular weight is 418 g/mol. The van der Waals surface area contributed by atoms with Crippen LogP contribution in [0.1, 0.15) is 5.69 Å². The zero-order valence-corrected chi connectivity index (χ0v) is 13.3. The molecule has 0 aliphatic heterocycles. The first-order chi connectivity index (χ1) is 10.7. The maximum absolute atomic E-state index is 12.7. The number of halogens is 7. The van der Waals surface area contributed by atoms with E-state index in [4.69, 9.17) is 11.6 Å². The van der Waals surface area contributed by atoms with Crippen LogP contribution in [0, 0.1) is 0 Å². The van der Waals surface area contributed by atoms with Gasteiger partial charge in [0.25, 0.3) is 0 Å². The fourth-order valence-corrected chi connectivity index (χ4v) is 2.13. The molecule has 0 spiro atoms. The van der Waals surface area contributed by atoms with Gasteiger partial charge in [0.15, 0.2) is 0 Å². The second-order valence-corrected chi connectivity index (χ2v) is 5.43. The van der Waals surface area contributed by atoms with Crippen LogP contribution in [0.4, 0.5) is 33.5 Å². The van der Waals surface area contributed by atoms with Crippen molar-refractivity contribution in [1.82, 2.24) is 4.98 Å². The smallest absolute Gasteiger partial charge is 0.433 e. The maximum Gasteiger partial charge on any atom is 0.433 e. The van der Waals surface area contributed by atoms with E-state index >= 15 is 0 Å². The quantitative estimate of drug-likeness (QED) is 0.633. The van der Waals surface area contributed by atoms with Crippen LogP contribution in [-0.4, -0.2) is 11.6 Å². The summed E-state index contributed by atoms with van der Waals surface area (Å²) in [5.41, 5.74) is -0.905. The lowest BCUT2D eigenvalue weighted by atomic mass is 10.3. The largest absolute Gasteiger partial charge is 0.435 e. The van der Waals surface area contributed by atoms with Crippen molar-refractivity contribution in [2.24, 2.45) is 0 Å². The van der Waals surface area contributed by atoms with Crippen LogP contribution in [0.25, 0.3) is 0 Å². The first kappa shape index (κ1) is 17.7. The Morgan fingerprint density at radius 1 is 1.17 bits per heavy atom. The number of aromatic nitrogens is 1. The second kappa shape index (κ2) is 6.88. The third-order valence-corrected chi connectivity index (χ3v) is 3.51. The van der Waals surface area contributed by atoms with Gasteiger partial charge in [-0.15, -0.1) is 0 Å². The third kappa shape index (κ3) is 4.68. The van der Waals surface area contributed by atoms with Crippen molar-refractivity contribution in [3.63, 3.8) is 0 Å². The zero-order chi connectivity index (χ0) is 17.2. The minimum absolute atomic E-state index is 0.0192. The minimum atomic E-state index is -4.60. The Balaban J connectivity index is 2.29. The molecular formula is C13H7BrClF5N2O. The molecule has 0 radical (unpaired) electrons. The molecule has 0 amide bonds. The van der Waals surface area contributed by atoms with E-state index < -0.39 is 18.5 Å². The lowest BCUT2D eigenvalue weighted by Crippen LogP contribution is -2.09. The molecule has 0 saturated carbocycles. The number of nitrogens with zero attached hydrogens (tertiary/aromatic N) is 1. The Labute approximate surface area is 140 Å². The Kier molecular flexibility index (Phi) is 5.30. The van der Waals surface area contributed by atoms with Gasteiger partial charge in [0.1, 0.15) is 17.3 Å². The highest BCUT2D eigenvalue weighted by Crippen LogP contribution is 2.34. The molecule has 0 aliphatic carbocycles. The molecule has 124 valence electrons. The summed E-state index contributed by atoms with van der Waals surface area (Å²) in [6.07, 6.45) is -4.60.